The van der Waals surface area contributed by atoms with Gasteiger partial charge in [-0.05, 0) is 25.0 Å². The van der Waals surface area contributed by atoms with Gasteiger partial charge < -0.3 is 30.7 Å². The van der Waals surface area contributed by atoms with Gasteiger partial charge in [0, 0.05) is 30.2 Å². The van der Waals surface area contributed by atoms with Crippen molar-refractivity contribution in [3.63, 3.8) is 0 Å². The minimum Gasteiger partial charge on any atom is -0.481 e. The van der Waals surface area contributed by atoms with Crippen LogP contribution in [0.25, 0.3) is 10.9 Å². The van der Waals surface area contributed by atoms with Gasteiger partial charge in [0.25, 0.3) is 0 Å². The normalized spacial score (nSPS) is 12.1. The van der Waals surface area contributed by atoms with Gasteiger partial charge >= 0.3 is 17.9 Å². The molecular weight excluding hydrogens is 356 g/mol. The van der Waals surface area contributed by atoms with Gasteiger partial charge in [0.1, 0.15) is 0 Å². The molecule has 0 amide bonds. The zero-order chi connectivity index (χ0) is 20.8. The lowest BCUT2D eigenvalue weighted by atomic mass is 9.96. The van der Waals surface area contributed by atoms with Crippen LogP contribution < -0.4 is 5.73 Å². The van der Waals surface area contributed by atoms with E-state index in [0.717, 1.165) is 6.42 Å². The molecule has 2 aromatic rings. The Morgan fingerprint density at radius 1 is 1.11 bits per heavy atom. The fourth-order valence-corrected chi connectivity index (χ4v) is 2.65. The number of carboxylic acid groups (broad SMARTS) is 3. The number of carbonyl (C=O) groups is 3. The van der Waals surface area contributed by atoms with Crippen LogP contribution in [-0.2, 0) is 27.9 Å². The van der Waals surface area contributed by atoms with Gasteiger partial charge in [-0.15, -0.1) is 0 Å². The summed E-state index contributed by atoms with van der Waals surface area (Å²) in [4.78, 5) is 30.5. The Kier molecular flexibility index (Phi) is 7.50. The number of aliphatic carboxylic acids is 3. The van der Waals surface area contributed by atoms with Crippen LogP contribution in [0.2, 0.25) is 0 Å². The number of hydrogen-bond acceptors (Lipinski definition) is 5. The number of aliphatic hydroxyl groups is 1. The van der Waals surface area contributed by atoms with Crippen LogP contribution in [0.1, 0.15) is 25.3 Å². The Morgan fingerprint density at radius 2 is 1.63 bits per heavy atom. The number of fused-ring (bicyclic) bond motifs is 1. The summed E-state index contributed by atoms with van der Waals surface area (Å²) in [6, 6.07) is 8.67. The first kappa shape index (κ1) is 22.1. The molecule has 0 fully saturated rings. The fourth-order valence-electron chi connectivity index (χ4n) is 2.65. The second kappa shape index (κ2) is 9.15. The Balaban J connectivity index is 0.000000271. The number of nitrogens with two attached hydrogens (primary N) is 1. The maximum Gasteiger partial charge on any atom is 0.336 e. The summed E-state index contributed by atoms with van der Waals surface area (Å²) < 4.78 is 2.16. The molecule has 9 nitrogen and oxygen atoms in total. The molecule has 0 spiro atoms. The van der Waals surface area contributed by atoms with E-state index in [1.807, 2.05) is 6.92 Å². The fraction of sp³-hybridized carbons (Fsp3) is 0.389. The molecular formula is C18H24N2O7. The van der Waals surface area contributed by atoms with Crippen molar-refractivity contribution < 1.29 is 34.8 Å². The lowest BCUT2D eigenvalue weighted by Crippen LogP contribution is -2.42. The van der Waals surface area contributed by atoms with Crippen LogP contribution in [0.3, 0.4) is 0 Å². The number of nitrogens with zero attached hydrogens (tertiary/aromatic N) is 1. The van der Waals surface area contributed by atoms with Crippen LogP contribution in [0.5, 0.6) is 0 Å². The lowest BCUT2D eigenvalue weighted by molar-refractivity contribution is -0.170. The van der Waals surface area contributed by atoms with Gasteiger partial charge in [-0.25, -0.2) is 4.79 Å². The zero-order valence-electron chi connectivity index (χ0n) is 15.1. The third-order valence-corrected chi connectivity index (χ3v) is 3.81. The maximum atomic E-state index is 10.3. The van der Waals surface area contributed by atoms with Gasteiger partial charge in [-0.1, -0.05) is 18.2 Å². The predicted octanol–water partition coefficient (Wildman–Crippen LogP) is 0.820. The minimum atomic E-state index is -2.74. The highest BCUT2D eigenvalue weighted by molar-refractivity contribution is 5.88. The molecule has 1 aromatic heterocycles. The van der Waals surface area contributed by atoms with Crippen LogP contribution in [-0.4, -0.2) is 54.5 Å². The van der Waals surface area contributed by atoms with E-state index in [2.05, 4.69) is 42.1 Å². The van der Waals surface area contributed by atoms with Crippen LogP contribution in [0.15, 0.2) is 30.5 Å². The van der Waals surface area contributed by atoms with E-state index in [9.17, 15) is 14.4 Å². The van der Waals surface area contributed by atoms with Crippen molar-refractivity contribution in [1.29, 1.82) is 0 Å². The van der Waals surface area contributed by atoms with Crippen molar-refractivity contribution in [3.8, 4) is 0 Å². The first-order valence-corrected chi connectivity index (χ1v) is 8.14. The third kappa shape index (κ3) is 6.39. The summed E-state index contributed by atoms with van der Waals surface area (Å²) in [6.07, 6.45) is 0.832. The molecule has 0 aliphatic rings. The largest absolute Gasteiger partial charge is 0.481 e. The van der Waals surface area contributed by atoms with Crippen molar-refractivity contribution in [1.82, 2.24) is 4.57 Å². The van der Waals surface area contributed by atoms with Crippen molar-refractivity contribution in [3.05, 3.63) is 36.0 Å². The number of rotatable bonds is 7. The lowest BCUT2D eigenvalue weighted by Gasteiger charge is -2.18. The summed E-state index contributed by atoms with van der Waals surface area (Å²) in [6.45, 7) is 2.04. The number of hydrogen-bond donors (Lipinski definition) is 5. The zero-order valence-corrected chi connectivity index (χ0v) is 15.1. The Labute approximate surface area is 155 Å². The van der Waals surface area contributed by atoms with E-state index in [1.54, 1.807) is 0 Å². The molecule has 1 aromatic carbocycles. The average molecular weight is 380 g/mol. The Morgan fingerprint density at radius 3 is 2.07 bits per heavy atom. The van der Waals surface area contributed by atoms with E-state index in [0.29, 0.717) is 0 Å². The topological polar surface area (TPSA) is 163 Å². The molecule has 2 rings (SSSR count). The highest BCUT2D eigenvalue weighted by Gasteiger charge is 2.40. The van der Waals surface area contributed by atoms with Gasteiger partial charge in [0.15, 0.2) is 5.60 Å². The molecule has 0 saturated carbocycles. The number of para-hydroxylation sites is 1. The summed E-state index contributed by atoms with van der Waals surface area (Å²) >= 11 is 0. The molecule has 9 heteroatoms. The van der Waals surface area contributed by atoms with E-state index in [1.165, 1.54) is 16.5 Å². The first-order chi connectivity index (χ1) is 12.5. The van der Waals surface area contributed by atoms with Crippen molar-refractivity contribution in [2.24, 2.45) is 12.8 Å². The monoisotopic (exact) mass is 380 g/mol. The molecule has 148 valence electrons. The maximum absolute atomic E-state index is 10.3. The van der Waals surface area contributed by atoms with Crippen molar-refractivity contribution in [2.45, 2.75) is 37.8 Å². The van der Waals surface area contributed by atoms with Crippen molar-refractivity contribution in [2.75, 3.05) is 0 Å². The smallest absolute Gasteiger partial charge is 0.336 e. The molecule has 6 N–H and O–H groups in total. The molecule has 0 aliphatic heterocycles. The van der Waals surface area contributed by atoms with E-state index in [4.69, 9.17) is 26.2 Å². The van der Waals surface area contributed by atoms with E-state index in [-0.39, 0.29) is 6.04 Å². The molecule has 0 aliphatic carbocycles. The molecule has 1 unspecified atom stereocenters. The number of aryl methyl sites for hydroxylation is 1. The van der Waals surface area contributed by atoms with Crippen LogP contribution in [0.4, 0.5) is 0 Å². The number of carboxylic acids is 3. The second-order valence-corrected chi connectivity index (χ2v) is 6.44. The van der Waals surface area contributed by atoms with E-state index < -0.39 is 36.4 Å². The summed E-state index contributed by atoms with van der Waals surface area (Å²) in [5.41, 5.74) is 5.70. The summed E-state index contributed by atoms with van der Waals surface area (Å²) in [5, 5.41) is 35.1. The standard InChI is InChI=1S/C12H16N2.C6H8O7/c1-9(13)7-10-8-14(2)12-6-4-3-5-11(10)12;7-3(8)1-6(13,5(11)12)2-4(9)10/h3-6,8-9H,7,13H2,1-2H3;13H,1-2H2,(H,7,8)(H,9,10)(H,11,12). The number of benzene rings is 1. The van der Waals surface area contributed by atoms with E-state index >= 15 is 0 Å². The van der Waals surface area contributed by atoms with Gasteiger partial charge in [0.2, 0.25) is 0 Å². The molecule has 1 atom stereocenters. The molecule has 27 heavy (non-hydrogen) atoms. The van der Waals surface area contributed by atoms with Gasteiger partial charge in [0.05, 0.1) is 12.8 Å². The minimum absolute atomic E-state index is 0.223. The summed E-state index contributed by atoms with van der Waals surface area (Å²) in [5.74, 6) is -5.02. The number of aromatic nitrogens is 1. The van der Waals surface area contributed by atoms with Gasteiger partial charge in [-0.3, -0.25) is 9.59 Å². The molecule has 0 saturated heterocycles. The SMILES string of the molecule is CC(N)Cc1cn(C)c2ccccc12.O=C(O)CC(O)(CC(=O)O)C(=O)O. The van der Waals surface area contributed by atoms with Crippen LogP contribution >= 0.6 is 0 Å². The van der Waals surface area contributed by atoms with Gasteiger partial charge in [-0.2, -0.15) is 0 Å². The highest BCUT2D eigenvalue weighted by Crippen LogP contribution is 2.21. The van der Waals surface area contributed by atoms with Crippen molar-refractivity contribution >= 4 is 28.8 Å². The molecule has 0 bridgehead atoms. The summed E-state index contributed by atoms with van der Waals surface area (Å²) in [7, 11) is 2.08. The quantitative estimate of drug-likeness (QED) is 0.471. The average Bonchev–Trinajstić information content (AvgIpc) is 2.82. The first-order valence-electron chi connectivity index (χ1n) is 8.14. The Hall–Kier alpha value is -2.91. The third-order valence-electron chi connectivity index (χ3n) is 3.81. The van der Waals surface area contributed by atoms with Crippen LogP contribution in [0, 0.1) is 0 Å². The second-order valence-electron chi connectivity index (χ2n) is 6.44. The molecule has 0 radical (unpaired) electrons. The Bertz CT molecular complexity index is 810. The molecule has 1 heterocycles. The predicted molar refractivity (Wildman–Crippen MR) is 97.4 cm³/mol. The highest BCUT2D eigenvalue weighted by atomic mass is 16.4.